The van der Waals surface area contributed by atoms with Crippen LogP contribution < -0.4 is 0 Å². The number of hydrogen-bond donors (Lipinski definition) is 0. The maximum absolute atomic E-state index is 2.49. The van der Waals surface area contributed by atoms with Crippen LogP contribution in [0.4, 0.5) is 0 Å². The number of rotatable bonds is 0. The summed E-state index contributed by atoms with van der Waals surface area (Å²) in [7, 11) is 2.24. The number of likely N-dealkylation sites (tertiary alicyclic amines) is 1. The molecule has 0 aromatic rings. The topological polar surface area (TPSA) is 3.24 Å². The Hall–Kier alpha value is -0.560. The highest BCUT2D eigenvalue weighted by molar-refractivity contribution is 5.27. The normalized spacial score (nSPS) is 36.0. The first-order valence-electron chi connectivity index (χ1n) is 4.86. The third-order valence-electron chi connectivity index (χ3n) is 3.05. The van der Waals surface area contributed by atoms with Crippen LogP contribution in [0.15, 0.2) is 23.8 Å². The van der Waals surface area contributed by atoms with Crippen molar-refractivity contribution in [3.63, 3.8) is 0 Å². The highest BCUT2D eigenvalue weighted by Gasteiger charge is 2.28. The molecule has 0 spiro atoms. The van der Waals surface area contributed by atoms with Gasteiger partial charge in [0, 0.05) is 6.04 Å². The lowest BCUT2D eigenvalue weighted by atomic mass is 9.84. The zero-order valence-electron chi connectivity index (χ0n) is 7.96. The van der Waals surface area contributed by atoms with Crippen LogP contribution in [-0.4, -0.2) is 24.5 Å². The minimum absolute atomic E-state index is 0.698. The van der Waals surface area contributed by atoms with Gasteiger partial charge in [0.05, 0.1) is 0 Å². The summed E-state index contributed by atoms with van der Waals surface area (Å²) >= 11 is 0. The molecule has 2 rings (SSSR count). The summed E-state index contributed by atoms with van der Waals surface area (Å²) in [6, 6.07) is 0.698. The fraction of sp³-hybridized carbons (Fsp3) is 0.636. The zero-order valence-corrected chi connectivity index (χ0v) is 7.96. The van der Waals surface area contributed by atoms with Crippen LogP contribution in [0.1, 0.15) is 19.8 Å². The Morgan fingerprint density at radius 3 is 3.08 bits per heavy atom. The van der Waals surface area contributed by atoms with Crippen LogP contribution in [-0.2, 0) is 0 Å². The molecule has 2 aliphatic rings. The van der Waals surface area contributed by atoms with Crippen molar-refractivity contribution in [3.05, 3.63) is 23.8 Å². The summed E-state index contributed by atoms with van der Waals surface area (Å²) in [6.07, 6.45) is 9.48. The van der Waals surface area contributed by atoms with Gasteiger partial charge in [0.25, 0.3) is 0 Å². The average molecular weight is 163 g/mol. The minimum atomic E-state index is 0.698. The first-order valence-corrected chi connectivity index (χ1v) is 4.86. The van der Waals surface area contributed by atoms with E-state index in [-0.39, 0.29) is 0 Å². The molecule has 66 valence electrons. The summed E-state index contributed by atoms with van der Waals surface area (Å²) in [5.74, 6) is 0.704. The van der Waals surface area contributed by atoms with Gasteiger partial charge in [-0.25, -0.2) is 0 Å². The lowest BCUT2D eigenvalue weighted by Crippen LogP contribution is -2.42. The van der Waals surface area contributed by atoms with E-state index < -0.39 is 0 Å². The molecule has 2 unspecified atom stereocenters. The predicted octanol–water partition coefficient (Wildman–Crippen LogP) is 2.21. The number of hydrogen-bond acceptors (Lipinski definition) is 1. The van der Waals surface area contributed by atoms with Crippen LogP contribution in [0.25, 0.3) is 0 Å². The van der Waals surface area contributed by atoms with Crippen molar-refractivity contribution < 1.29 is 0 Å². The second-order valence-electron chi connectivity index (χ2n) is 4.01. The molecule has 1 aliphatic heterocycles. The molecule has 1 heteroatoms. The smallest absolute Gasteiger partial charge is 0.0367 e. The van der Waals surface area contributed by atoms with Crippen molar-refractivity contribution in [2.75, 3.05) is 13.6 Å². The molecule has 1 saturated heterocycles. The van der Waals surface area contributed by atoms with Crippen LogP contribution in [0.3, 0.4) is 0 Å². The number of fused-ring (bicyclic) bond motifs is 1. The average Bonchev–Trinajstić information content (AvgIpc) is 2.04. The largest absolute Gasteiger partial charge is 0.299 e. The maximum atomic E-state index is 2.49. The number of nitrogens with zero attached hydrogens (tertiary/aromatic N) is 1. The maximum Gasteiger partial charge on any atom is 0.0367 e. The van der Waals surface area contributed by atoms with Gasteiger partial charge in [0.15, 0.2) is 0 Å². The first kappa shape index (κ1) is 8.06. The van der Waals surface area contributed by atoms with Crippen molar-refractivity contribution in [3.8, 4) is 0 Å². The van der Waals surface area contributed by atoms with Gasteiger partial charge in [-0.3, -0.25) is 4.90 Å². The van der Waals surface area contributed by atoms with Crippen LogP contribution in [0.5, 0.6) is 0 Å². The zero-order chi connectivity index (χ0) is 8.55. The van der Waals surface area contributed by atoms with Crippen LogP contribution >= 0.6 is 0 Å². The monoisotopic (exact) mass is 163 g/mol. The second kappa shape index (κ2) is 3.06. The number of allylic oxidation sites excluding steroid dienone is 2. The molecule has 0 radical (unpaired) electrons. The first-order chi connectivity index (χ1) is 5.79. The Labute approximate surface area is 74.8 Å². The van der Waals surface area contributed by atoms with E-state index >= 15 is 0 Å². The van der Waals surface area contributed by atoms with Gasteiger partial charge in [-0.2, -0.15) is 0 Å². The molecule has 0 N–H and O–H groups in total. The Balaban J connectivity index is 2.23. The Kier molecular flexibility index (Phi) is 2.05. The van der Waals surface area contributed by atoms with E-state index in [1.165, 1.54) is 19.4 Å². The molecule has 0 aromatic heterocycles. The number of likely N-dealkylation sites (N-methyl/N-ethyl adjacent to an activating group) is 1. The SMILES string of the molecule is CC1C=CC=C2CCCN(C)C21. The van der Waals surface area contributed by atoms with Crippen molar-refractivity contribution in [2.24, 2.45) is 5.92 Å². The fourth-order valence-corrected chi connectivity index (χ4v) is 2.48. The molecule has 0 amide bonds. The third kappa shape index (κ3) is 1.22. The van der Waals surface area contributed by atoms with Crippen LogP contribution in [0, 0.1) is 5.92 Å². The van der Waals surface area contributed by atoms with E-state index in [1.54, 1.807) is 5.57 Å². The van der Waals surface area contributed by atoms with E-state index in [9.17, 15) is 0 Å². The van der Waals surface area contributed by atoms with Gasteiger partial charge in [-0.1, -0.05) is 30.7 Å². The number of piperidine rings is 1. The van der Waals surface area contributed by atoms with Gasteiger partial charge in [-0.05, 0) is 32.4 Å². The molecule has 0 aromatic carbocycles. The molecule has 1 fully saturated rings. The molecule has 2 atom stereocenters. The van der Waals surface area contributed by atoms with E-state index in [0.29, 0.717) is 12.0 Å². The summed E-state index contributed by atoms with van der Waals surface area (Å²) in [4.78, 5) is 2.49. The van der Waals surface area contributed by atoms with Crippen molar-refractivity contribution in [2.45, 2.75) is 25.8 Å². The lowest BCUT2D eigenvalue weighted by Gasteiger charge is -2.39. The summed E-state index contributed by atoms with van der Waals surface area (Å²) in [5.41, 5.74) is 1.64. The van der Waals surface area contributed by atoms with Gasteiger partial charge >= 0.3 is 0 Å². The molecule has 0 bridgehead atoms. The standard InChI is InChI=1S/C11H17N/c1-9-5-3-6-10-7-4-8-12(2)11(9)10/h3,5-6,9,11H,4,7-8H2,1-2H3. The highest BCUT2D eigenvalue weighted by Crippen LogP contribution is 2.30. The lowest BCUT2D eigenvalue weighted by molar-refractivity contribution is 0.201. The predicted molar refractivity (Wildman–Crippen MR) is 52.0 cm³/mol. The summed E-state index contributed by atoms with van der Waals surface area (Å²) < 4.78 is 0. The van der Waals surface area contributed by atoms with Gasteiger partial charge in [0.1, 0.15) is 0 Å². The van der Waals surface area contributed by atoms with Crippen molar-refractivity contribution in [1.29, 1.82) is 0 Å². The Bertz CT molecular complexity index is 227. The van der Waals surface area contributed by atoms with E-state index in [4.69, 9.17) is 0 Å². The quantitative estimate of drug-likeness (QED) is 0.529. The summed E-state index contributed by atoms with van der Waals surface area (Å²) in [6.45, 7) is 3.58. The van der Waals surface area contributed by atoms with Crippen molar-refractivity contribution in [1.82, 2.24) is 4.90 Å². The Morgan fingerprint density at radius 2 is 2.33 bits per heavy atom. The molecular formula is C11H17N. The van der Waals surface area contributed by atoms with Crippen molar-refractivity contribution >= 4 is 0 Å². The fourth-order valence-electron chi connectivity index (χ4n) is 2.48. The second-order valence-corrected chi connectivity index (χ2v) is 4.01. The molecule has 12 heavy (non-hydrogen) atoms. The summed E-state index contributed by atoms with van der Waals surface area (Å²) in [5, 5.41) is 0. The van der Waals surface area contributed by atoms with E-state index in [0.717, 1.165) is 0 Å². The van der Waals surface area contributed by atoms with Gasteiger partial charge in [-0.15, -0.1) is 0 Å². The Morgan fingerprint density at radius 1 is 1.50 bits per heavy atom. The molecule has 1 heterocycles. The molecule has 1 nitrogen and oxygen atoms in total. The minimum Gasteiger partial charge on any atom is -0.299 e. The molecule has 0 saturated carbocycles. The third-order valence-corrected chi connectivity index (χ3v) is 3.05. The molecule has 1 aliphatic carbocycles. The van der Waals surface area contributed by atoms with Crippen LogP contribution in [0.2, 0.25) is 0 Å². The van der Waals surface area contributed by atoms with E-state index in [1.807, 2.05) is 0 Å². The van der Waals surface area contributed by atoms with Gasteiger partial charge < -0.3 is 0 Å². The molecular weight excluding hydrogens is 146 g/mol. The van der Waals surface area contributed by atoms with Gasteiger partial charge in [0.2, 0.25) is 0 Å². The van der Waals surface area contributed by atoms with E-state index in [2.05, 4.69) is 37.1 Å². The highest BCUT2D eigenvalue weighted by atomic mass is 15.1.